The van der Waals surface area contributed by atoms with Gasteiger partial charge < -0.3 is 19.7 Å². The zero-order valence-corrected chi connectivity index (χ0v) is 24.3. The summed E-state index contributed by atoms with van der Waals surface area (Å²) in [6, 6.07) is 3.95. The fourth-order valence-electron chi connectivity index (χ4n) is 4.70. The van der Waals surface area contributed by atoms with E-state index in [1.165, 1.54) is 36.2 Å². The van der Waals surface area contributed by atoms with Gasteiger partial charge in [-0.2, -0.15) is 0 Å². The van der Waals surface area contributed by atoms with E-state index in [4.69, 9.17) is 14.5 Å². The lowest BCUT2D eigenvalue weighted by Gasteiger charge is -2.28. The van der Waals surface area contributed by atoms with Crippen molar-refractivity contribution in [2.24, 2.45) is 0 Å². The quantitative estimate of drug-likeness (QED) is 0.274. The van der Waals surface area contributed by atoms with Gasteiger partial charge in [-0.1, -0.05) is 6.07 Å². The van der Waals surface area contributed by atoms with Crippen LogP contribution in [0.2, 0.25) is 0 Å². The summed E-state index contributed by atoms with van der Waals surface area (Å²) in [5.41, 5.74) is 4.34. The number of nitrogens with zero attached hydrogens (tertiary/aromatic N) is 4. The normalized spacial score (nSPS) is 15.1. The molecule has 0 bridgehead atoms. The first-order chi connectivity index (χ1) is 18.1. The molecule has 8 nitrogen and oxygen atoms in total. The number of hydrogen-bond donors (Lipinski definition) is 1. The van der Waals surface area contributed by atoms with Crippen molar-refractivity contribution < 1.29 is 14.3 Å². The van der Waals surface area contributed by atoms with Crippen LogP contribution in [0.5, 0.6) is 0 Å². The number of carbonyl (C=O) groups is 1. The molecule has 2 heterocycles. The van der Waals surface area contributed by atoms with Crippen LogP contribution in [-0.4, -0.2) is 70.3 Å². The number of esters is 1. The molecule has 0 radical (unpaired) electrons. The van der Waals surface area contributed by atoms with E-state index in [1.807, 2.05) is 27.7 Å². The minimum Gasteiger partial charge on any atom is -0.458 e. The van der Waals surface area contributed by atoms with Gasteiger partial charge in [0.15, 0.2) is 0 Å². The molecular formula is C30H47N5O3. The van der Waals surface area contributed by atoms with Gasteiger partial charge in [0.1, 0.15) is 11.6 Å². The first kappa shape index (κ1) is 30.0. The van der Waals surface area contributed by atoms with E-state index in [9.17, 15) is 4.79 Å². The molecule has 0 spiro atoms. The van der Waals surface area contributed by atoms with Gasteiger partial charge in [-0.25, -0.2) is 14.8 Å². The zero-order valence-electron chi connectivity index (χ0n) is 24.3. The Hall–Kier alpha value is -2.58. The van der Waals surface area contributed by atoms with Gasteiger partial charge in [0.25, 0.3) is 0 Å². The van der Waals surface area contributed by atoms with Gasteiger partial charge in [0.2, 0.25) is 5.95 Å². The van der Waals surface area contributed by atoms with Gasteiger partial charge in [-0.05, 0) is 110 Å². The highest BCUT2D eigenvalue weighted by Crippen LogP contribution is 2.20. The Kier molecular flexibility index (Phi) is 11.5. The number of carbonyl (C=O) groups excluding carboxylic acids is 1. The molecule has 0 saturated heterocycles. The van der Waals surface area contributed by atoms with Crippen molar-refractivity contribution in [2.45, 2.75) is 104 Å². The molecule has 0 aromatic carbocycles. The molecule has 2 aromatic rings. The Labute approximate surface area is 229 Å². The van der Waals surface area contributed by atoms with Crippen LogP contribution in [0.1, 0.15) is 82.3 Å². The highest BCUT2D eigenvalue weighted by Gasteiger charge is 2.26. The van der Waals surface area contributed by atoms with Crippen molar-refractivity contribution in [1.29, 1.82) is 0 Å². The Morgan fingerprint density at radius 2 is 1.84 bits per heavy atom. The number of ether oxygens (including phenoxy) is 2. The van der Waals surface area contributed by atoms with Crippen molar-refractivity contribution in [2.75, 3.05) is 32.1 Å². The van der Waals surface area contributed by atoms with Crippen LogP contribution < -0.4 is 5.32 Å². The third-order valence-electron chi connectivity index (χ3n) is 6.82. The summed E-state index contributed by atoms with van der Waals surface area (Å²) in [5, 5.41) is 3.20. The third-order valence-corrected chi connectivity index (χ3v) is 6.82. The second kappa shape index (κ2) is 14.5. The van der Waals surface area contributed by atoms with Gasteiger partial charge in [0.05, 0.1) is 6.10 Å². The lowest BCUT2D eigenvalue weighted by atomic mass is 9.95. The van der Waals surface area contributed by atoms with E-state index in [0.29, 0.717) is 12.4 Å². The number of aryl methyl sites for hydroxylation is 4. The SMILES string of the molecule is CO[C@H](C)CN(CCCCc1ccc2c(n1)CCCC2)CC[C@H](Nc1ncc(C)cn1)C(=O)OC(C)(C)C. The molecule has 210 valence electrons. The predicted molar refractivity (Wildman–Crippen MR) is 151 cm³/mol. The molecule has 0 saturated carbocycles. The van der Waals surface area contributed by atoms with Gasteiger partial charge >= 0.3 is 5.97 Å². The lowest BCUT2D eigenvalue weighted by Crippen LogP contribution is -2.41. The number of hydrogen-bond acceptors (Lipinski definition) is 8. The van der Waals surface area contributed by atoms with Crippen LogP contribution in [0.25, 0.3) is 0 Å². The first-order valence-corrected chi connectivity index (χ1v) is 14.1. The van der Waals surface area contributed by atoms with Crippen LogP contribution in [0.3, 0.4) is 0 Å². The third kappa shape index (κ3) is 10.3. The molecule has 1 aliphatic rings. The van der Waals surface area contributed by atoms with Crippen LogP contribution in [0, 0.1) is 6.92 Å². The molecule has 2 aromatic heterocycles. The topological polar surface area (TPSA) is 89.5 Å². The van der Waals surface area contributed by atoms with E-state index in [1.54, 1.807) is 19.5 Å². The molecule has 8 heteroatoms. The van der Waals surface area contributed by atoms with Crippen LogP contribution in [0.15, 0.2) is 24.5 Å². The summed E-state index contributed by atoms with van der Waals surface area (Å²) < 4.78 is 11.3. The Balaban J connectivity index is 1.57. The maximum atomic E-state index is 13.0. The molecule has 1 N–H and O–H groups in total. The summed E-state index contributed by atoms with van der Waals surface area (Å²) in [6.45, 7) is 12.1. The number of pyridine rings is 1. The average molecular weight is 526 g/mol. The van der Waals surface area contributed by atoms with E-state index in [0.717, 1.165) is 50.9 Å². The number of unbranched alkanes of at least 4 members (excludes halogenated alkanes) is 1. The van der Waals surface area contributed by atoms with Crippen LogP contribution >= 0.6 is 0 Å². The minimum atomic E-state index is -0.569. The van der Waals surface area contributed by atoms with Crippen molar-refractivity contribution in [3.8, 4) is 0 Å². The number of methoxy groups -OCH3 is 1. The Bertz CT molecular complexity index is 1010. The maximum Gasteiger partial charge on any atom is 0.329 e. The number of rotatable bonds is 14. The summed E-state index contributed by atoms with van der Waals surface area (Å²) in [6.07, 6.45) is 12.1. The molecule has 0 amide bonds. The molecule has 0 aliphatic heterocycles. The molecule has 0 fully saturated rings. The van der Waals surface area contributed by atoms with E-state index in [2.05, 4.69) is 39.2 Å². The van der Waals surface area contributed by atoms with Crippen molar-refractivity contribution >= 4 is 11.9 Å². The van der Waals surface area contributed by atoms with Crippen molar-refractivity contribution in [3.05, 3.63) is 47.0 Å². The molecule has 1 aliphatic carbocycles. The van der Waals surface area contributed by atoms with Crippen molar-refractivity contribution in [1.82, 2.24) is 19.9 Å². The fraction of sp³-hybridized carbons (Fsp3) is 0.667. The predicted octanol–water partition coefficient (Wildman–Crippen LogP) is 4.93. The highest BCUT2D eigenvalue weighted by molar-refractivity contribution is 5.79. The number of anilines is 1. The largest absolute Gasteiger partial charge is 0.458 e. The fourth-order valence-corrected chi connectivity index (χ4v) is 4.70. The Morgan fingerprint density at radius 3 is 2.55 bits per heavy atom. The van der Waals surface area contributed by atoms with E-state index < -0.39 is 11.6 Å². The van der Waals surface area contributed by atoms with Gasteiger partial charge in [-0.3, -0.25) is 4.98 Å². The monoisotopic (exact) mass is 525 g/mol. The van der Waals surface area contributed by atoms with Crippen LogP contribution in [0.4, 0.5) is 5.95 Å². The average Bonchev–Trinajstić information content (AvgIpc) is 2.88. The smallest absolute Gasteiger partial charge is 0.329 e. The first-order valence-electron chi connectivity index (χ1n) is 14.1. The molecule has 38 heavy (non-hydrogen) atoms. The summed E-state index contributed by atoms with van der Waals surface area (Å²) >= 11 is 0. The highest BCUT2D eigenvalue weighted by atomic mass is 16.6. The van der Waals surface area contributed by atoms with Crippen molar-refractivity contribution in [3.63, 3.8) is 0 Å². The lowest BCUT2D eigenvalue weighted by molar-refractivity contribution is -0.156. The maximum absolute atomic E-state index is 13.0. The minimum absolute atomic E-state index is 0.102. The summed E-state index contributed by atoms with van der Waals surface area (Å²) in [4.78, 5) is 29.0. The summed E-state index contributed by atoms with van der Waals surface area (Å²) in [7, 11) is 1.74. The zero-order chi connectivity index (χ0) is 27.5. The molecule has 0 unspecified atom stereocenters. The molecular weight excluding hydrogens is 478 g/mol. The molecule has 3 rings (SSSR count). The Morgan fingerprint density at radius 1 is 1.11 bits per heavy atom. The second-order valence-corrected chi connectivity index (χ2v) is 11.5. The van der Waals surface area contributed by atoms with Gasteiger partial charge in [-0.15, -0.1) is 0 Å². The number of aromatic nitrogens is 3. The van der Waals surface area contributed by atoms with E-state index >= 15 is 0 Å². The van der Waals surface area contributed by atoms with E-state index in [-0.39, 0.29) is 12.1 Å². The number of fused-ring (bicyclic) bond motifs is 1. The molecule has 2 atom stereocenters. The number of nitrogens with one attached hydrogen (secondary N) is 1. The second-order valence-electron chi connectivity index (χ2n) is 11.5. The van der Waals surface area contributed by atoms with Crippen LogP contribution in [-0.2, 0) is 33.5 Å². The summed E-state index contributed by atoms with van der Waals surface area (Å²) in [5.74, 6) is 0.140. The van der Waals surface area contributed by atoms with Gasteiger partial charge in [0, 0.05) is 44.0 Å². The standard InChI is InChI=1S/C30H47N5O3/c1-22-19-31-29(32-20-22)34-27(28(36)38-30(3,4)5)16-18-35(21-23(2)37-6)17-10-9-12-25-15-14-24-11-7-8-13-26(24)33-25/h14-15,19-20,23,27H,7-13,16-18,21H2,1-6H3,(H,31,32,34)/t23-,27+/m1/s1.